The SMILES string of the molecule is Cc1cc(/C(F)=C/C(c2cc(Cl)c(Cl)c(Cl)c2)C(F)(F)F)ccc1C(=O)CNc1ncccn1. The lowest BCUT2D eigenvalue weighted by Gasteiger charge is -2.19. The van der Waals surface area contributed by atoms with E-state index in [1.165, 1.54) is 30.6 Å². The number of hydrogen-bond donors (Lipinski definition) is 1. The molecule has 0 aliphatic rings. The molecule has 1 unspecified atom stereocenters. The number of anilines is 1. The van der Waals surface area contributed by atoms with Crippen LogP contribution in [0.2, 0.25) is 15.1 Å². The standard InChI is InChI=1S/C23H16Cl3F4N3O/c1-12-7-13(3-4-15(12)20(34)11-33-22-31-5-2-6-32-22)19(27)10-16(23(28,29)30)14-8-17(24)21(26)18(25)9-14/h2-10,16H,11H2,1H3,(H,31,32,33)/b19-10-. The van der Waals surface area contributed by atoms with Crippen LogP contribution in [0.4, 0.5) is 23.5 Å². The average Bonchev–Trinajstić information content (AvgIpc) is 2.78. The number of carbonyl (C=O) groups is 1. The highest BCUT2D eigenvalue weighted by molar-refractivity contribution is 6.48. The van der Waals surface area contributed by atoms with Gasteiger partial charge in [0, 0.05) is 23.5 Å². The molecule has 1 N–H and O–H groups in total. The summed E-state index contributed by atoms with van der Waals surface area (Å²) in [5, 5.41) is 2.31. The summed E-state index contributed by atoms with van der Waals surface area (Å²) < 4.78 is 56.1. The second-order valence-electron chi connectivity index (χ2n) is 7.21. The zero-order valence-electron chi connectivity index (χ0n) is 17.4. The number of aryl methyl sites for hydroxylation is 1. The molecule has 0 radical (unpaired) electrons. The zero-order chi connectivity index (χ0) is 25.0. The number of rotatable bonds is 7. The van der Waals surface area contributed by atoms with Gasteiger partial charge in [-0.2, -0.15) is 13.2 Å². The molecule has 2 aromatic carbocycles. The summed E-state index contributed by atoms with van der Waals surface area (Å²) >= 11 is 17.5. The maximum atomic E-state index is 14.9. The molecule has 0 saturated carbocycles. The minimum absolute atomic E-state index is 0.0957. The van der Waals surface area contributed by atoms with Gasteiger partial charge in [0.2, 0.25) is 5.95 Å². The van der Waals surface area contributed by atoms with Crippen LogP contribution >= 0.6 is 34.8 Å². The number of aromatic nitrogens is 2. The molecule has 0 saturated heterocycles. The molecule has 0 bridgehead atoms. The quantitative estimate of drug-likeness (QED) is 0.192. The highest BCUT2D eigenvalue weighted by Gasteiger charge is 2.40. The maximum Gasteiger partial charge on any atom is 0.399 e. The molecule has 11 heteroatoms. The highest BCUT2D eigenvalue weighted by atomic mass is 35.5. The van der Waals surface area contributed by atoms with E-state index in [4.69, 9.17) is 34.8 Å². The number of carbonyl (C=O) groups excluding carboxylic acids is 1. The molecule has 1 aromatic heterocycles. The topological polar surface area (TPSA) is 54.9 Å². The maximum absolute atomic E-state index is 14.9. The fourth-order valence-electron chi connectivity index (χ4n) is 3.15. The summed E-state index contributed by atoms with van der Waals surface area (Å²) in [6.45, 7) is 1.44. The van der Waals surface area contributed by atoms with E-state index in [9.17, 15) is 22.4 Å². The zero-order valence-corrected chi connectivity index (χ0v) is 19.7. The monoisotopic (exact) mass is 531 g/mol. The Balaban J connectivity index is 1.86. The van der Waals surface area contributed by atoms with Crippen molar-refractivity contribution in [2.45, 2.75) is 19.0 Å². The van der Waals surface area contributed by atoms with E-state index in [0.29, 0.717) is 11.6 Å². The lowest BCUT2D eigenvalue weighted by Crippen LogP contribution is -2.19. The Morgan fingerprint density at radius 1 is 1.09 bits per heavy atom. The van der Waals surface area contributed by atoms with E-state index in [-0.39, 0.29) is 50.0 Å². The molecule has 0 aliphatic heterocycles. The third kappa shape index (κ3) is 6.25. The van der Waals surface area contributed by atoms with Gasteiger partial charge in [-0.3, -0.25) is 4.79 Å². The first-order valence-corrected chi connectivity index (χ1v) is 10.8. The van der Waals surface area contributed by atoms with E-state index in [1.54, 1.807) is 13.0 Å². The Labute approximate surface area is 207 Å². The van der Waals surface area contributed by atoms with Gasteiger partial charge in [-0.25, -0.2) is 14.4 Å². The van der Waals surface area contributed by atoms with Crippen molar-refractivity contribution >= 4 is 52.4 Å². The summed E-state index contributed by atoms with van der Waals surface area (Å²) in [4.78, 5) is 20.4. The number of nitrogens with one attached hydrogen (secondary N) is 1. The second-order valence-corrected chi connectivity index (χ2v) is 8.40. The Kier molecular flexibility index (Phi) is 8.17. The van der Waals surface area contributed by atoms with E-state index < -0.39 is 17.9 Å². The van der Waals surface area contributed by atoms with Crippen LogP contribution in [0.1, 0.15) is 33.0 Å². The minimum atomic E-state index is -4.83. The van der Waals surface area contributed by atoms with Gasteiger partial charge in [-0.05, 0) is 48.4 Å². The summed E-state index contributed by atoms with van der Waals surface area (Å²) in [5.74, 6) is -3.50. The molecular formula is C23H16Cl3F4N3O. The fourth-order valence-corrected chi connectivity index (χ4v) is 3.76. The van der Waals surface area contributed by atoms with Crippen LogP contribution in [-0.2, 0) is 0 Å². The molecule has 4 nitrogen and oxygen atoms in total. The number of nitrogens with zero attached hydrogens (tertiary/aromatic N) is 2. The van der Waals surface area contributed by atoms with Crippen molar-refractivity contribution in [3.05, 3.63) is 92.2 Å². The van der Waals surface area contributed by atoms with E-state index in [2.05, 4.69) is 15.3 Å². The summed E-state index contributed by atoms with van der Waals surface area (Å²) in [7, 11) is 0. The van der Waals surface area contributed by atoms with Gasteiger partial charge >= 0.3 is 6.18 Å². The lowest BCUT2D eigenvalue weighted by molar-refractivity contribution is -0.139. The first kappa shape index (κ1) is 25.9. The Hall–Kier alpha value is -2.68. The van der Waals surface area contributed by atoms with Crippen LogP contribution in [0, 0.1) is 6.92 Å². The fraction of sp³-hybridized carbons (Fsp3) is 0.174. The van der Waals surface area contributed by atoms with E-state index >= 15 is 0 Å². The van der Waals surface area contributed by atoms with Gasteiger partial charge < -0.3 is 5.32 Å². The van der Waals surface area contributed by atoms with Crippen LogP contribution in [0.5, 0.6) is 0 Å². The van der Waals surface area contributed by atoms with Crippen molar-refractivity contribution < 1.29 is 22.4 Å². The molecule has 178 valence electrons. The Bertz CT molecular complexity index is 1210. The molecule has 1 heterocycles. The third-order valence-electron chi connectivity index (χ3n) is 4.81. The molecule has 1 atom stereocenters. The largest absolute Gasteiger partial charge is 0.399 e. The number of ketones is 1. The average molecular weight is 533 g/mol. The van der Waals surface area contributed by atoms with Crippen LogP contribution in [-0.4, -0.2) is 28.5 Å². The molecule has 0 aliphatic carbocycles. The second kappa shape index (κ2) is 10.7. The number of allylic oxidation sites excluding steroid dienone is 1. The highest BCUT2D eigenvalue weighted by Crippen LogP contribution is 2.42. The van der Waals surface area contributed by atoms with Crippen molar-refractivity contribution in [3.63, 3.8) is 0 Å². The van der Waals surface area contributed by atoms with Gasteiger partial charge in [0.05, 0.1) is 21.6 Å². The number of benzene rings is 2. The van der Waals surface area contributed by atoms with Crippen molar-refractivity contribution in [3.8, 4) is 0 Å². The van der Waals surface area contributed by atoms with Gasteiger partial charge in [-0.15, -0.1) is 0 Å². The molecule has 34 heavy (non-hydrogen) atoms. The molecule has 0 spiro atoms. The lowest BCUT2D eigenvalue weighted by atomic mass is 9.95. The number of alkyl halides is 3. The van der Waals surface area contributed by atoms with E-state index in [1.807, 2.05) is 0 Å². The van der Waals surface area contributed by atoms with Crippen molar-refractivity contribution in [2.24, 2.45) is 0 Å². The van der Waals surface area contributed by atoms with Crippen LogP contribution in [0.25, 0.3) is 5.83 Å². The Morgan fingerprint density at radius 2 is 1.71 bits per heavy atom. The van der Waals surface area contributed by atoms with E-state index in [0.717, 1.165) is 12.1 Å². The minimum Gasteiger partial charge on any atom is -0.347 e. The van der Waals surface area contributed by atoms with Gasteiger partial charge in [0.1, 0.15) is 11.7 Å². The number of hydrogen-bond acceptors (Lipinski definition) is 4. The van der Waals surface area contributed by atoms with Gasteiger partial charge in [0.15, 0.2) is 5.78 Å². The number of halogens is 7. The molecule has 3 aromatic rings. The third-order valence-corrected chi connectivity index (χ3v) is 6.00. The number of Topliss-reactive ketones (excluding diaryl/α,β-unsaturated/α-hetero) is 1. The first-order chi connectivity index (χ1) is 16.0. The smallest absolute Gasteiger partial charge is 0.347 e. The predicted octanol–water partition coefficient (Wildman–Crippen LogP) is 7.70. The van der Waals surface area contributed by atoms with Crippen LogP contribution in [0.3, 0.4) is 0 Å². The Morgan fingerprint density at radius 3 is 2.26 bits per heavy atom. The normalized spacial score (nSPS) is 13.0. The summed E-state index contributed by atoms with van der Waals surface area (Å²) in [6.07, 6.45) is -1.38. The molecular weight excluding hydrogens is 517 g/mol. The van der Waals surface area contributed by atoms with Crippen molar-refractivity contribution in [2.75, 3.05) is 11.9 Å². The van der Waals surface area contributed by atoms with Crippen molar-refractivity contribution in [1.82, 2.24) is 9.97 Å². The molecule has 0 fully saturated rings. The van der Waals surface area contributed by atoms with Gasteiger partial charge in [0.25, 0.3) is 0 Å². The molecule has 3 rings (SSSR count). The van der Waals surface area contributed by atoms with Crippen molar-refractivity contribution in [1.29, 1.82) is 0 Å². The van der Waals surface area contributed by atoms with Crippen LogP contribution in [0.15, 0.2) is 54.9 Å². The van der Waals surface area contributed by atoms with Gasteiger partial charge in [-0.1, -0.05) is 46.9 Å². The van der Waals surface area contributed by atoms with Crippen LogP contribution < -0.4 is 5.32 Å². The summed E-state index contributed by atoms with van der Waals surface area (Å²) in [5.41, 5.74) is 0.195. The first-order valence-electron chi connectivity index (χ1n) is 9.71. The predicted molar refractivity (Wildman–Crippen MR) is 125 cm³/mol. The molecule has 0 amide bonds. The summed E-state index contributed by atoms with van der Waals surface area (Å²) in [6, 6.07) is 7.50.